The molecule has 0 bridgehead atoms. The van der Waals surface area contributed by atoms with Crippen LogP contribution in [0.4, 0.5) is 0 Å². The van der Waals surface area contributed by atoms with Crippen molar-refractivity contribution >= 4 is 6.29 Å². The van der Waals surface area contributed by atoms with E-state index in [9.17, 15) is 9.90 Å². The van der Waals surface area contributed by atoms with Crippen LogP contribution in [0.1, 0.15) is 6.42 Å². The van der Waals surface area contributed by atoms with Crippen molar-refractivity contribution < 1.29 is 19.4 Å². The van der Waals surface area contributed by atoms with Gasteiger partial charge in [-0.05, 0) is 0 Å². The van der Waals surface area contributed by atoms with Crippen LogP contribution in [0.3, 0.4) is 0 Å². The molecule has 1 aliphatic rings. The molecule has 0 aromatic carbocycles. The first kappa shape index (κ1) is 8.64. The molecule has 3 unspecified atom stereocenters. The van der Waals surface area contributed by atoms with E-state index in [1.54, 1.807) is 0 Å². The Labute approximate surface area is 65.1 Å². The standard InChI is InChI=1S/C7H12O4/c1-10-7-5(2-3-8)6(9)4-11-7/h3,5-7,9H,2,4H2,1H3. The van der Waals surface area contributed by atoms with E-state index in [1.165, 1.54) is 7.11 Å². The molecule has 4 heteroatoms. The second kappa shape index (κ2) is 3.80. The third kappa shape index (κ3) is 1.77. The smallest absolute Gasteiger partial charge is 0.163 e. The van der Waals surface area contributed by atoms with Crippen LogP contribution >= 0.6 is 0 Å². The van der Waals surface area contributed by atoms with Crippen LogP contribution in [0.2, 0.25) is 0 Å². The molecule has 0 aliphatic carbocycles. The average Bonchev–Trinajstić information content (AvgIpc) is 2.34. The van der Waals surface area contributed by atoms with Gasteiger partial charge in [0.15, 0.2) is 6.29 Å². The SMILES string of the molecule is COC1OCC(O)C1CC=O. The molecule has 1 N–H and O–H groups in total. The Morgan fingerprint density at radius 1 is 1.82 bits per heavy atom. The maximum atomic E-state index is 10.1. The van der Waals surface area contributed by atoms with E-state index in [2.05, 4.69) is 0 Å². The molecule has 0 radical (unpaired) electrons. The molecule has 0 amide bonds. The minimum atomic E-state index is -0.565. The summed E-state index contributed by atoms with van der Waals surface area (Å²) in [4.78, 5) is 10.1. The molecule has 4 nitrogen and oxygen atoms in total. The van der Waals surface area contributed by atoms with Crippen LogP contribution in [0.25, 0.3) is 0 Å². The Morgan fingerprint density at radius 2 is 2.55 bits per heavy atom. The van der Waals surface area contributed by atoms with Gasteiger partial charge in [0.1, 0.15) is 6.29 Å². The normalized spacial score (nSPS) is 37.5. The topological polar surface area (TPSA) is 55.8 Å². The van der Waals surface area contributed by atoms with E-state index < -0.39 is 12.4 Å². The Hall–Kier alpha value is -0.450. The Bertz CT molecular complexity index is 136. The highest BCUT2D eigenvalue weighted by molar-refractivity contribution is 5.50. The second-order valence-electron chi connectivity index (χ2n) is 2.57. The van der Waals surface area contributed by atoms with Gasteiger partial charge in [-0.3, -0.25) is 0 Å². The number of hydrogen-bond donors (Lipinski definition) is 1. The number of aldehydes is 1. The van der Waals surface area contributed by atoms with Gasteiger partial charge in [0.2, 0.25) is 0 Å². The van der Waals surface area contributed by atoms with Crippen LogP contribution in [0.15, 0.2) is 0 Å². The molecule has 3 atom stereocenters. The molecule has 0 aromatic heterocycles. The fourth-order valence-electron chi connectivity index (χ4n) is 1.24. The highest BCUT2D eigenvalue weighted by Gasteiger charge is 2.35. The number of hydrogen-bond acceptors (Lipinski definition) is 4. The number of aliphatic hydroxyl groups is 1. The van der Waals surface area contributed by atoms with Gasteiger partial charge in [-0.2, -0.15) is 0 Å². The Kier molecular flexibility index (Phi) is 2.99. The highest BCUT2D eigenvalue weighted by Crippen LogP contribution is 2.23. The quantitative estimate of drug-likeness (QED) is 0.568. The zero-order chi connectivity index (χ0) is 8.27. The molecule has 0 saturated carbocycles. The zero-order valence-corrected chi connectivity index (χ0v) is 6.40. The summed E-state index contributed by atoms with van der Waals surface area (Å²) in [5, 5.41) is 9.26. The third-order valence-electron chi connectivity index (χ3n) is 1.88. The monoisotopic (exact) mass is 160 g/mol. The van der Waals surface area contributed by atoms with Gasteiger partial charge in [-0.25, -0.2) is 0 Å². The number of carbonyl (C=O) groups is 1. The summed E-state index contributed by atoms with van der Waals surface area (Å²) >= 11 is 0. The summed E-state index contributed by atoms with van der Waals surface area (Å²) in [7, 11) is 1.50. The summed E-state index contributed by atoms with van der Waals surface area (Å²) in [6.45, 7) is 0.261. The summed E-state index contributed by atoms with van der Waals surface area (Å²) < 4.78 is 9.95. The van der Waals surface area contributed by atoms with Crippen molar-refractivity contribution in [3.63, 3.8) is 0 Å². The van der Waals surface area contributed by atoms with Crippen molar-refractivity contribution in [2.45, 2.75) is 18.8 Å². The van der Waals surface area contributed by atoms with Crippen LogP contribution in [-0.2, 0) is 14.3 Å². The maximum Gasteiger partial charge on any atom is 0.163 e. The molecule has 11 heavy (non-hydrogen) atoms. The average molecular weight is 160 g/mol. The lowest BCUT2D eigenvalue weighted by molar-refractivity contribution is -0.122. The molecule has 1 fully saturated rings. The molecule has 1 rings (SSSR count). The molecule has 64 valence electrons. The fraction of sp³-hybridized carbons (Fsp3) is 0.857. The van der Waals surface area contributed by atoms with Gasteiger partial charge in [0.05, 0.1) is 12.7 Å². The number of methoxy groups -OCH3 is 1. The number of ether oxygens (including phenoxy) is 2. The third-order valence-corrected chi connectivity index (χ3v) is 1.88. The van der Waals surface area contributed by atoms with Gasteiger partial charge < -0.3 is 19.4 Å². The minimum absolute atomic E-state index is 0.197. The molecule has 0 aromatic rings. The number of aliphatic hydroxyl groups excluding tert-OH is 1. The Morgan fingerprint density at radius 3 is 3.09 bits per heavy atom. The van der Waals surface area contributed by atoms with Crippen molar-refractivity contribution in [3.05, 3.63) is 0 Å². The molecule has 1 saturated heterocycles. The first-order valence-electron chi connectivity index (χ1n) is 3.55. The van der Waals surface area contributed by atoms with Crippen LogP contribution in [-0.4, -0.2) is 37.5 Å². The van der Waals surface area contributed by atoms with Crippen molar-refractivity contribution in [2.24, 2.45) is 5.92 Å². The van der Waals surface area contributed by atoms with Gasteiger partial charge in [-0.15, -0.1) is 0 Å². The van der Waals surface area contributed by atoms with E-state index in [0.717, 1.165) is 6.29 Å². The van der Waals surface area contributed by atoms with Crippen molar-refractivity contribution in [1.82, 2.24) is 0 Å². The number of carbonyl (C=O) groups excluding carboxylic acids is 1. The summed E-state index contributed by atoms with van der Waals surface area (Å²) in [5.74, 6) is -0.197. The van der Waals surface area contributed by atoms with Crippen LogP contribution in [0.5, 0.6) is 0 Å². The van der Waals surface area contributed by atoms with E-state index >= 15 is 0 Å². The van der Waals surface area contributed by atoms with Crippen molar-refractivity contribution in [3.8, 4) is 0 Å². The van der Waals surface area contributed by atoms with E-state index in [-0.39, 0.29) is 12.5 Å². The van der Waals surface area contributed by atoms with Crippen molar-refractivity contribution in [1.29, 1.82) is 0 Å². The minimum Gasteiger partial charge on any atom is -0.390 e. The largest absolute Gasteiger partial charge is 0.390 e. The number of rotatable bonds is 3. The first-order valence-corrected chi connectivity index (χ1v) is 3.55. The Balaban J connectivity index is 2.48. The highest BCUT2D eigenvalue weighted by atomic mass is 16.7. The molecular weight excluding hydrogens is 148 g/mol. The van der Waals surface area contributed by atoms with Crippen LogP contribution in [0, 0.1) is 5.92 Å². The second-order valence-corrected chi connectivity index (χ2v) is 2.57. The summed E-state index contributed by atoms with van der Waals surface area (Å²) in [6, 6.07) is 0. The van der Waals surface area contributed by atoms with Gasteiger partial charge >= 0.3 is 0 Å². The molecule has 0 spiro atoms. The lowest BCUT2D eigenvalue weighted by Crippen LogP contribution is -2.25. The van der Waals surface area contributed by atoms with Gasteiger partial charge in [0, 0.05) is 19.4 Å². The lowest BCUT2D eigenvalue weighted by Gasteiger charge is -2.15. The maximum absolute atomic E-state index is 10.1. The molecule has 1 heterocycles. The predicted molar refractivity (Wildman–Crippen MR) is 36.9 cm³/mol. The lowest BCUT2D eigenvalue weighted by atomic mass is 10.0. The summed E-state index contributed by atoms with van der Waals surface area (Å²) in [5.41, 5.74) is 0. The fourth-order valence-corrected chi connectivity index (χ4v) is 1.24. The summed E-state index contributed by atoms with van der Waals surface area (Å²) in [6.07, 6.45) is 0.0780. The molecule has 1 aliphatic heterocycles. The van der Waals surface area contributed by atoms with E-state index in [1.807, 2.05) is 0 Å². The van der Waals surface area contributed by atoms with Crippen LogP contribution < -0.4 is 0 Å². The molecular formula is C7H12O4. The predicted octanol–water partition coefficient (Wildman–Crippen LogP) is -0.445. The van der Waals surface area contributed by atoms with Gasteiger partial charge in [-0.1, -0.05) is 0 Å². The van der Waals surface area contributed by atoms with Crippen molar-refractivity contribution in [2.75, 3.05) is 13.7 Å². The van der Waals surface area contributed by atoms with Gasteiger partial charge in [0.25, 0.3) is 0 Å². The first-order chi connectivity index (χ1) is 5.29. The van der Waals surface area contributed by atoms with E-state index in [0.29, 0.717) is 6.42 Å². The zero-order valence-electron chi connectivity index (χ0n) is 6.40. The van der Waals surface area contributed by atoms with E-state index in [4.69, 9.17) is 9.47 Å².